The minimum Gasteiger partial charge on any atom is -0.494 e. The van der Waals surface area contributed by atoms with Crippen molar-refractivity contribution in [2.75, 3.05) is 26.7 Å². The normalized spacial score (nSPS) is 15.3. The van der Waals surface area contributed by atoms with E-state index < -0.39 is 53.8 Å². The maximum atomic E-state index is 14.2. The predicted molar refractivity (Wildman–Crippen MR) is 149 cm³/mol. The minimum absolute atomic E-state index is 0.0156. The number of hydrogen-bond acceptors (Lipinski definition) is 7. The number of hydrogen-bond donors (Lipinski definition) is 1. The highest BCUT2D eigenvalue weighted by Gasteiger charge is 2.45. The number of nitrogens with one attached hydrogen (secondary N) is 1. The highest BCUT2D eigenvalue weighted by atomic mass is 19.4. The summed E-state index contributed by atoms with van der Waals surface area (Å²) in [7, 11) is 1.18. The molecule has 1 amide bonds. The fraction of sp³-hybridized carbons (Fsp3) is 0.448. The summed E-state index contributed by atoms with van der Waals surface area (Å²) in [6.07, 6.45) is -7.06. The van der Waals surface area contributed by atoms with Gasteiger partial charge in [-0.3, -0.25) is 4.79 Å². The van der Waals surface area contributed by atoms with E-state index >= 15 is 0 Å². The molecule has 2 heterocycles. The second-order valence-electron chi connectivity index (χ2n) is 10.6. The van der Waals surface area contributed by atoms with Crippen LogP contribution in [0.15, 0.2) is 47.3 Å². The molecule has 0 saturated carbocycles. The molecule has 3 aromatic rings. The number of halogens is 5. The Morgan fingerprint density at radius 2 is 1.75 bits per heavy atom. The Balaban J connectivity index is 1.76. The van der Waals surface area contributed by atoms with Gasteiger partial charge in [-0.1, -0.05) is 12.1 Å². The fourth-order valence-corrected chi connectivity index (χ4v) is 4.72. The van der Waals surface area contributed by atoms with Crippen molar-refractivity contribution in [1.29, 1.82) is 0 Å². The number of benzene rings is 2. The lowest BCUT2D eigenvalue weighted by atomic mass is 10.1. The third-order valence-electron chi connectivity index (χ3n) is 6.97. The average Bonchev–Trinajstić information content (AvgIpc) is 3.31. The van der Waals surface area contributed by atoms with E-state index in [4.69, 9.17) is 4.74 Å². The van der Waals surface area contributed by atoms with Crippen LogP contribution >= 0.6 is 0 Å². The number of piperidine rings is 1. The second kappa shape index (κ2) is 13.6. The molecule has 1 aliphatic heterocycles. The van der Waals surface area contributed by atoms with Crippen LogP contribution in [0.1, 0.15) is 38.5 Å². The van der Waals surface area contributed by atoms with Crippen LogP contribution in [0.4, 0.5) is 22.0 Å². The number of aromatic nitrogens is 3. The van der Waals surface area contributed by atoms with Crippen LogP contribution in [-0.4, -0.2) is 76.3 Å². The highest BCUT2D eigenvalue weighted by molar-refractivity contribution is 5.84. The molecule has 0 bridgehead atoms. The molecule has 1 unspecified atom stereocenters. The molecule has 1 aromatic heterocycles. The first-order valence-electron chi connectivity index (χ1n) is 13.9. The third kappa shape index (κ3) is 7.62. The van der Waals surface area contributed by atoms with Gasteiger partial charge in [-0.05, 0) is 69.0 Å². The predicted octanol–water partition coefficient (Wildman–Crippen LogP) is 3.95. The van der Waals surface area contributed by atoms with E-state index in [-0.39, 0.29) is 17.0 Å². The Bertz CT molecular complexity index is 1530. The first-order valence-corrected chi connectivity index (χ1v) is 13.9. The van der Waals surface area contributed by atoms with Crippen molar-refractivity contribution >= 4 is 11.9 Å². The molecular formula is C29H32F5N5O5. The number of likely N-dealkylation sites (tertiary alicyclic amines) is 1. The van der Waals surface area contributed by atoms with E-state index in [0.717, 1.165) is 22.4 Å². The van der Waals surface area contributed by atoms with Crippen molar-refractivity contribution in [3.05, 3.63) is 64.3 Å². The maximum Gasteiger partial charge on any atom is 0.491 e. The van der Waals surface area contributed by atoms with Crippen LogP contribution < -0.4 is 15.7 Å². The SMILES string of the molecule is COc1cc(-c2nn(-c3ccc(CCN4CCC(F)CC4)cc3)c(=O)n2C(OC(=O)C(F)(F)F)C(=O)NC(C)C)ccc1F. The zero-order valence-electron chi connectivity index (χ0n) is 24.2. The number of nitrogens with zero attached hydrogens (tertiary/aromatic N) is 4. The fourth-order valence-electron chi connectivity index (χ4n) is 4.72. The van der Waals surface area contributed by atoms with Crippen LogP contribution in [0, 0.1) is 5.82 Å². The molecule has 15 heteroatoms. The van der Waals surface area contributed by atoms with Crippen molar-refractivity contribution in [3.8, 4) is 22.8 Å². The Morgan fingerprint density at radius 1 is 1.09 bits per heavy atom. The number of amides is 1. The van der Waals surface area contributed by atoms with Gasteiger partial charge in [0.05, 0.1) is 12.8 Å². The van der Waals surface area contributed by atoms with Crippen molar-refractivity contribution < 1.29 is 41.0 Å². The molecule has 10 nitrogen and oxygen atoms in total. The van der Waals surface area contributed by atoms with Gasteiger partial charge in [0.15, 0.2) is 17.4 Å². The zero-order chi connectivity index (χ0) is 32.2. The standard InChI is InChI=1S/C29H32F5N5O5/c1-17(2)35-25(40)26(44-27(41)29(32,33)34)38-24(19-6-9-22(31)23(16-19)43-3)36-39(28(38)42)21-7-4-18(5-8-21)10-13-37-14-11-20(30)12-15-37/h4-9,16-17,20,26H,10-15H2,1-3H3,(H,35,40). The Hall–Kier alpha value is -4.27. The number of ether oxygens (including phenoxy) is 2. The molecule has 1 fully saturated rings. The molecule has 44 heavy (non-hydrogen) atoms. The summed E-state index contributed by atoms with van der Waals surface area (Å²) in [6, 6.07) is 9.27. The smallest absolute Gasteiger partial charge is 0.491 e. The van der Waals surface area contributed by atoms with E-state index in [1.165, 1.54) is 27.0 Å². The lowest BCUT2D eigenvalue weighted by Crippen LogP contribution is -2.44. The molecule has 1 N–H and O–H groups in total. The van der Waals surface area contributed by atoms with Crippen LogP contribution in [0.25, 0.3) is 17.1 Å². The van der Waals surface area contributed by atoms with Crippen LogP contribution in [-0.2, 0) is 20.7 Å². The van der Waals surface area contributed by atoms with Gasteiger partial charge in [-0.25, -0.2) is 22.9 Å². The Morgan fingerprint density at radius 3 is 2.34 bits per heavy atom. The number of carbonyl (C=O) groups is 2. The number of methoxy groups -OCH3 is 1. The monoisotopic (exact) mass is 625 g/mol. The number of alkyl halides is 4. The van der Waals surface area contributed by atoms with E-state index in [1.54, 1.807) is 24.3 Å². The third-order valence-corrected chi connectivity index (χ3v) is 6.97. The van der Waals surface area contributed by atoms with Gasteiger partial charge in [-0.2, -0.15) is 17.9 Å². The summed E-state index contributed by atoms with van der Waals surface area (Å²) in [5, 5.41) is 6.60. The highest BCUT2D eigenvalue weighted by Crippen LogP contribution is 2.29. The molecular weight excluding hydrogens is 593 g/mol. The molecule has 0 spiro atoms. The van der Waals surface area contributed by atoms with Crippen LogP contribution in [0.2, 0.25) is 0 Å². The molecule has 1 aliphatic rings. The summed E-state index contributed by atoms with van der Waals surface area (Å²) >= 11 is 0. The largest absolute Gasteiger partial charge is 0.494 e. The molecule has 1 saturated heterocycles. The summed E-state index contributed by atoms with van der Waals surface area (Å²) in [6.45, 7) is 5.06. The van der Waals surface area contributed by atoms with Crippen LogP contribution in [0.3, 0.4) is 0 Å². The van der Waals surface area contributed by atoms with E-state index in [1.807, 2.05) is 0 Å². The molecule has 2 aromatic carbocycles. The molecule has 0 radical (unpaired) electrons. The van der Waals surface area contributed by atoms with E-state index in [9.17, 15) is 36.3 Å². The minimum atomic E-state index is -5.48. The van der Waals surface area contributed by atoms with E-state index in [0.29, 0.717) is 43.5 Å². The van der Waals surface area contributed by atoms with Gasteiger partial charge < -0.3 is 19.7 Å². The Kier molecular flexibility index (Phi) is 10.1. The van der Waals surface area contributed by atoms with Crippen molar-refractivity contribution in [2.24, 2.45) is 0 Å². The lowest BCUT2D eigenvalue weighted by molar-refractivity contribution is -0.209. The summed E-state index contributed by atoms with van der Waals surface area (Å²) in [5.74, 6) is -5.36. The van der Waals surface area contributed by atoms with Crippen LogP contribution in [0.5, 0.6) is 5.75 Å². The number of rotatable bonds is 10. The Labute approximate surface area is 249 Å². The molecule has 4 rings (SSSR count). The van der Waals surface area contributed by atoms with Crippen molar-refractivity contribution in [1.82, 2.24) is 24.6 Å². The van der Waals surface area contributed by atoms with Gasteiger partial charge in [0.1, 0.15) is 6.17 Å². The lowest BCUT2D eigenvalue weighted by Gasteiger charge is -2.28. The van der Waals surface area contributed by atoms with Crippen molar-refractivity contribution in [2.45, 2.75) is 57.7 Å². The maximum absolute atomic E-state index is 14.2. The van der Waals surface area contributed by atoms with Gasteiger partial charge in [0.25, 0.3) is 12.1 Å². The quantitative estimate of drug-likeness (QED) is 0.269. The molecule has 0 aliphatic carbocycles. The van der Waals surface area contributed by atoms with E-state index in [2.05, 4.69) is 20.1 Å². The topological polar surface area (TPSA) is 108 Å². The first-order chi connectivity index (χ1) is 20.8. The molecule has 1 atom stereocenters. The summed E-state index contributed by atoms with van der Waals surface area (Å²) in [5.41, 5.74) is -0.0289. The van der Waals surface area contributed by atoms with Gasteiger partial charge in [-0.15, -0.1) is 5.10 Å². The zero-order valence-corrected chi connectivity index (χ0v) is 24.2. The summed E-state index contributed by atoms with van der Waals surface area (Å²) in [4.78, 5) is 40.9. The van der Waals surface area contributed by atoms with Gasteiger partial charge in [0, 0.05) is 31.2 Å². The number of carbonyl (C=O) groups excluding carboxylic acids is 2. The summed E-state index contributed by atoms with van der Waals surface area (Å²) < 4.78 is 78.2. The van der Waals surface area contributed by atoms with Gasteiger partial charge in [0.2, 0.25) is 0 Å². The second-order valence-corrected chi connectivity index (χ2v) is 10.6. The molecule has 238 valence electrons. The van der Waals surface area contributed by atoms with Gasteiger partial charge >= 0.3 is 17.8 Å². The average molecular weight is 626 g/mol. The number of esters is 1. The first kappa shape index (κ1) is 32.6. The van der Waals surface area contributed by atoms with Crippen molar-refractivity contribution in [3.63, 3.8) is 0 Å².